The number of rotatable bonds is 4. The number of hydrogen-bond donors (Lipinski definition) is 0. The predicted octanol–water partition coefficient (Wildman–Crippen LogP) is 4.46. The van der Waals surface area contributed by atoms with Crippen LogP contribution < -0.4 is 9.64 Å². The summed E-state index contributed by atoms with van der Waals surface area (Å²) in [7, 11) is 3.56. The highest BCUT2D eigenvalue weighted by Crippen LogP contribution is 2.38. The van der Waals surface area contributed by atoms with Crippen LogP contribution in [0.4, 0.5) is 5.69 Å². The minimum Gasteiger partial charge on any atom is -0.489 e. The number of piperidine rings is 1. The van der Waals surface area contributed by atoms with Crippen molar-refractivity contribution in [3.8, 4) is 17.6 Å². The number of methoxy groups -OCH3 is 1. The molecule has 3 aliphatic rings. The molecule has 7 heteroatoms. The number of anilines is 1. The van der Waals surface area contributed by atoms with Gasteiger partial charge in [-0.2, -0.15) is 0 Å². The number of ether oxygens (including phenoxy) is 2. The summed E-state index contributed by atoms with van der Waals surface area (Å²) in [4.78, 5) is 28.7. The van der Waals surface area contributed by atoms with Crippen LogP contribution in [0.15, 0.2) is 36.4 Å². The zero-order chi connectivity index (χ0) is 24.5. The monoisotopic (exact) mass is 492 g/mol. The molecular formula is C28H29ClN2O4. The van der Waals surface area contributed by atoms with Crippen molar-refractivity contribution < 1.29 is 19.1 Å². The Labute approximate surface area is 211 Å². The Kier molecular flexibility index (Phi) is 6.73. The maximum atomic E-state index is 13.2. The maximum Gasteiger partial charge on any atom is 0.317 e. The van der Waals surface area contributed by atoms with E-state index in [2.05, 4.69) is 28.5 Å². The highest BCUT2D eigenvalue weighted by molar-refractivity contribution is 6.32. The lowest BCUT2D eigenvalue weighted by Crippen LogP contribution is -2.43. The minimum absolute atomic E-state index is 0.0414. The van der Waals surface area contributed by atoms with Gasteiger partial charge in [0.1, 0.15) is 18.3 Å². The van der Waals surface area contributed by atoms with Gasteiger partial charge in [0, 0.05) is 35.4 Å². The average molecular weight is 493 g/mol. The van der Waals surface area contributed by atoms with Crippen LogP contribution in [0.3, 0.4) is 0 Å². The number of benzene rings is 2. The Hall–Kier alpha value is -3.01. The van der Waals surface area contributed by atoms with Crippen molar-refractivity contribution in [3.63, 3.8) is 0 Å². The Morgan fingerprint density at radius 2 is 1.91 bits per heavy atom. The molecule has 2 fully saturated rings. The first-order valence-electron chi connectivity index (χ1n) is 12.1. The van der Waals surface area contributed by atoms with Crippen molar-refractivity contribution in [2.75, 3.05) is 25.6 Å². The Morgan fingerprint density at radius 1 is 1.14 bits per heavy atom. The van der Waals surface area contributed by atoms with E-state index in [-0.39, 0.29) is 24.4 Å². The molecule has 2 aromatic rings. The van der Waals surface area contributed by atoms with Crippen molar-refractivity contribution in [2.24, 2.45) is 0 Å². The van der Waals surface area contributed by atoms with E-state index in [1.54, 1.807) is 11.0 Å². The molecule has 2 saturated heterocycles. The summed E-state index contributed by atoms with van der Waals surface area (Å²) < 4.78 is 10.9. The third kappa shape index (κ3) is 4.89. The maximum absolute atomic E-state index is 13.2. The molecule has 182 valence electrons. The molecule has 35 heavy (non-hydrogen) atoms. The molecule has 0 radical (unpaired) electrons. The van der Waals surface area contributed by atoms with Gasteiger partial charge in [0.25, 0.3) is 5.91 Å². The third-order valence-electron chi connectivity index (χ3n) is 7.45. The zero-order valence-corrected chi connectivity index (χ0v) is 20.8. The summed E-state index contributed by atoms with van der Waals surface area (Å²) in [6.45, 7) is 0.555. The quantitative estimate of drug-likeness (QED) is 0.466. The number of amides is 1. The van der Waals surface area contributed by atoms with Crippen LogP contribution >= 0.6 is 11.6 Å². The first-order chi connectivity index (χ1) is 16.9. The first-order valence-corrected chi connectivity index (χ1v) is 12.5. The van der Waals surface area contributed by atoms with Crippen LogP contribution in [-0.2, 0) is 16.0 Å². The fourth-order valence-electron chi connectivity index (χ4n) is 5.49. The van der Waals surface area contributed by atoms with Crippen LogP contribution in [0.2, 0.25) is 5.02 Å². The van der Waals surface area contributed by atoms with Crippen molar-refractivity contribution >= 4 is 29.2 Å². The van der Waals surface area contributed by atoms with E-state index < -0.39 is 0 Å². The number of carbonyl (C=O) groups excluding carboxylic acids is 2. The van der Waals surface area contributed by atoms with Gasteiger partial charge in [0.2, 0.25) is 0 Å². The van der Waals surface area contributed by atoms with Crippen molar-refractivity contribution in [1.29, 1.82) is 0 Å². The summed E-state index contributed by atoms with van der Waals surface area (Å²) in [5, 5.41) is 0.531. The van der Waals surface area contributed by atoms with E-state index in [4.69, 9.17) is 16.3 Å². The lowest BCUT2D eigenvalue weighted by atomic mass is 9.96. The van der Waals surface area contributed by atoms with E-state index in [9.17, 15) is 9.59 Å². The summed E-state index contributed by atoms with van der Waals surface area (Å²) in [5.74, 6) is 6.03. The fourth-order valence-corrected chi connectivity index (χ4v) is 5.71. The average Bonchev–Trinajstić information content (AvgIpc) is 3.05. The van der Waals surface area contributed by atoms with Crippen LogP contribution in [0.1, 0.15) is 53.6 Å². The second kappa shape index (κ2) is 9.93. The Morgan fingerprint density at radius 3 is 2.63 bits per heavy atom. The van der Waals surface area contributed by atoms with E-state index in [1.807, 2.05) is 30.3 Å². The predicted molar refractivity (Wildman–Crippen MR) is 135 cm³/mol. The molecule has 6 nitrogen and oxygen atoms in total. The van der Waals surface area contributed by atoms with Crippen molar-refractivity contribution in [2.45, 2.75) is 56.7 Å². The molecule has 3 atom stereocenters. The number of hydrogen-bond acceptors (Lipinski definition) is 5. The van der Waals surface area contributed by atoms with Gasteiger partial charge >= 0.3 is 5.97 Å². The third-order valence-corrected chi connectivity index (χ3v) is 7.75. The zero-order valence-electron chi connectivity index (χ0n) is 20.1. The minimum atomic E-state index is -0.366. The summed E-state index contributed by atoms with van der Waals surface area (Å²) in [6, 6.07) is 12.4. The van der Waals surface area contributed by atoms with Crippen molar-refractivity contribution in [1.82, 2.24) is 4.90 Å². The molecule has 0 N–H and O–H groups in total. The lowest BCUT2D eigenvalue weighted by Gasteiger charge is -2.36. The van der Waals surface area contributed by atoms with Crippen molar-refractivity contribution in [3.05, 3.63) is 58.1 Å². The number of carbonyl (C=O) groups is 2. The highest BCUT2D eigenvalue weighted by Gasteiger charge is 2.39. The van der Waals surface area contributed by atoms with Gasteiger partial charge in [0.15, 0.2) is 0 Å². The number of fused-ring (bicyclic) bond motifs is 3. The molecule has 2 aromatic carbocycles. The van der Waals surface area contributed by atoms with E-state index in [0.29, 0.717) is 41.4 Å². The molecule has 3 aliphatic heterocycles. The molecule has 3 heterocycles. The molecule has 0 saturated carbocycles. The van der Waals surface area contributed by atoms with Gasteiger partial charge in [0.05, 0.1) is 12.1 Å². The van der Waals surface area contributed by atoms with Gasteiger partial charge in [-0.1, -0.05) is 23.4 Å². The SMILES string of the molecule is COC(=O)CC#Cc1ccc2c(c1)CCN(c1ccc(O[C@H]3C[C@H]4CC[C@@H](C3)N4C)c(Cl)c1)C2=O. The van der Waals surface area contributed by atoms with Gasteiger partial charge in [-0.3, -0.25) is 9.59 Å². The molecule has 0 aromatic heterocycles. The largest absolute Gasteiger partial charge is 0.489 e. The molecule has 1 amide bonds. The number of halogens is 1. The molecule has 0 unspecified atom stereocenters. The summed E-state index contributed by atoms with van der Waals surface area (Å²) in [5.41, 5.74) is 3.16. The smallest absolute Gasteiger partial charge is 0.317 e. The second-order valence-corrected chi connectivity index (χ2v) is 9.92. The van der Waals surface area contributed by atoms with Gasteiger partial charge < -0.3 is 19.3 Å². The van der Waals surface area contributed by atoms with Gasteiger partial charge in [-0.25, -0.2) is 0 Å². The Bertz CT molecular complexity index is 1200. The lowest BCUT2D eigenvalue weighted by molar-refractivity contribution is -0.139. The molecular weight excluding hydrogens is 464 g/mol. The first kappa shape index (κ1) is 23.7. The van der Waals surface area contributed by atoms with Gasteiger partial charge in [-0.15, -0.1) is 0 Å². The van der Waals surface area contributed by atoms with E-state index in [1.165, 1.54) is 20.0 Å². The van der Waals surface area contributed by atoms with Crippen LogP contribution in [0.25, 0.3) is 0 Å². The molecule has 0 spiro atoms. The van der Waals surface area contributed by atoms with E-state index >= 15 is 0 Å². The topological polar surface area (TPSA) is 59.1 Å². The normalized spacial score (nSPS) is 23.3. The highest BCUT2D eigenvalue weighted by atomic mass is 35.5. The van der Waals surface area contributed by atoms with E-state index in [0.717, 1.165) is 29.7 Å². The summed E-state index contributed by atoms with van der Waals surface area (Å²) in [6.07, 6.45) is 5.48. The molecule has 2 bridgehead atoms. The van der Waals surface area contributed by atoms with Crippen LogP contribution in [0.5, 0.6) is 5.75 Å². The fraction of sp³-hybridized carbons (Fsp3) is 0.429. The van der Waals surface area contributed by atoms with Crippen LogP contribution in [-0.4, -0.2) is 55.7 Å². The summed E-state index contributed by atoms with van der Waals surface area (Å²) >= 11 is 6.61. The van der Waals surface area contributed by atoms with Gasteiger partial charge in [-0.05, 0) is 81.1 Å². The Balaban J connectivity index is 1.27. The van der Waals surface area contributed by atoms with Crippen LogP contribution in [0, 0.1) is 11.8 Å². The second-order valence-electron chi connectivity index (χ2n) is 9.51. The number of nitrogens with zero attached hydrogens (tertiary/aromatic N) is 2. The standard InChI is InChI=1S/C28H29ClN2O4/c1-30-20-7-8-21(30)16-23(15-20)35-26-11-9-22(17-25(26)29)31-13-12-19-14-18(4-3-5-27(32)34-2)6-10-24(19)28(31)33/h6,9-11,14,17,20-21,23H,5,7-8,12-13,15-16H2,1-2H3/t20-,21+,23+. The number of esters is 1. The molecule has 0 aliphatic carbocycles. The molecule has 5 rings (SSSR count).